The molecule has 32 heavy (non-hydrogen) atoms. The Bertz CT molecular complexity index is 1000. The normalized spacial score (nSPS) is 18.9. The standard InChI is InChI=1S/C21H23ClF3N5O2/c1-3-18(31)29-17-8-13(6-7-26-17)20(32)28-15-5-4-12(2)30(11-15)19-16(22)9-14(10-27-19)21(23,24)25/h6-10,12,15H,3-5,11H2,1-2H3,(H,28,32)(H,26,29,31). The molecule has 172 valence electrons. The maximum absolute atomic E-state index is 12.9. The van der Waals surface area contributed by atoms with Crippen LogP contribution in [0.4, 0.5) is 24.8 Å². The number of rotatable bonds is 5. The minimum absolute atomic E-state index is 0.0123. The summed E-state index contributed by atoms with van der Waals surface area (Å²) in [6.07, 6.45) is -0.668. The molecular weight excluding hydrogens is 447 g/mol. The molecule has 2 aromatic rings. The Morgan fingerprint density at radius 3 is 2.66 bits per heavy atom. The zero-order chi connectivity index (χ0) is 23.5. The number of nitrogens with zero attached hydrogens (tertiary/aromatic N) is 3. The summed E-state index contributed by atoms with van der Waals surface area (Å²) in [4.78, 5) is 34.1. The van der Waals surface area contributed by atoms with E-state index in [2.05, 4.69) is 20.6 Å². The van der Waals surface area contributed by atoms with E-state index in [-0.39, 0.29) is 47.0 Å². The molecule has 1 fully saturated rings. The molecule has 2 aromatic heterocycles. The molecule has 2 N–H and O–H groups in total. The predicted molar refractivity (Wildman–Crippen MR) is 115 cm³/mol. The van der Waals surface area contributed by atoms with E-state index in [0.717, 1.165) is 12.3 Å². The Hall–Kier alpha value is -2.88. The van der Waals surface area contributed by atoms with Gasteiger partial charge in [-0.05, 0) is 38.0 Å². The van der Waals surface area contributed by atoms with E-state index < -0.39 is 11.7 Å². The topological polar surface area (TPSA) is 87.2 Å². The van der Waals surface area contributed by atoms with E-state index >= 15 is 0 Å². The van der Waals surface area contributed by atoms with Crippen molar-refractivity contribution in [3.05, 3.63) is 46.7 Å². The number of amides is 2. The van der Waals surface area contributed by atoms with Crippen molar-refractivity contribution in [2.45, 2.75) is 51.4 Å². The van der Waals surface area contributed by atoms with Gasteiger partial charge in [0, 0.05) is 43.0 Å². The van der Waals surface area contributed by atoms with Crippen LogP contribution in [0.1, 0.15) is 49.0 Å². The van der Waals surface area contributed by atoms with Gasteiger partial charge >= 0.3 is 6.18 Å². The van der Waals surface area contributed by atoms with Crippen molar-refractivity contribution in [3.63, 3.8) is 0 Å². The number of carbonyl (C=O) groups is 2. The average Bonchev–Trinajstić information content (AvgIpc) is 2.74. The fraction of sp³-hybridized carbons (Fsp3) is 0.429. The molecule has 3 rings (SSSR count). The first-order chi connectivity index (χ1) is 15.1. The fourth-order valence-corrected chi connectivity index (χ4v) is 3.73. The largest absolute Gasteiger partial charge is 0.417 e. The average molecular weight is 470 g/mol. The van der Waals surface area contributed by atoms with Gasteiger partial charge < -0.3 is 15.5 Å². The quantitative estimate of drug-likeness (QED) is 0.682. The molecule has 0 spiro atoms. The Morgan fingerprint density at radius 1 is 1.25 bits per heavy atom. The molecule has 0 radical (unpaired) electrons. The lowest BCUT2D eigenvalue weighted by molar-refractivity contribution is -0.137. The van der Waals surface area contributed by atoms with Gasteiger partial charge in [-0.25, -0.2) is 9.97 Å². The molecule has 0 aliphatic carbocycles. The highest BCUT2D eigenvalue weighted by Crippen LogP contribution is 2.35. The van der Waals surface area contributed by atoms with Gasteiger partial charge in [-0.2, -0.15) is 13.2 Å². The van der Waals surface area contributed by atoms with E-state index in [1.807, 2.05) is 6.92 Å². The lowest BCUT2D eigenvalue weighted by Gasteiger charge is -2.39. The fourth-order valence-electron chi connectivity index (χ4n) is 3.46. The number of hydrogen-bond donors (Lipinski definition) is 2. The van der Waals surface area contributed by atoms with Crippen molar-refractivity contribution in [3.8, 4) is 0 Å². The molecule has 2 unspecified atom stereocenters. The molecule has 1 aliphatic heterocycles. The third-order valence-corrected chi connectivity index (χ3v) is 5.53. The summed E-state index contributed by atoms with van der Waals surface area (Å²) >= 11 is 6.12. The van der Waals surface area contributed by atoms with Crippen molar-refractivity contribution in [1.29, 1.82) is 0 Å². The van der Waals surface area contributed by atoms with Gasteiger partial charge in [0.1, 0.15) is 11.6 Å². The first-order valence-corrected chi connectivity index (χ1v) is 10.5. The number of halogens is 4. The zero-order valence-corrected chi connectivity index (χ0v) is 18.3. The van der Waals surface area contributed by atoms with Crippen LogP contribution in [0.5, 0.6) is 0 Å². The van der Waals surface area contributed by atoms with Gasteiger partial charge in [0.25, 0.3) is 5.91 Å². The molecule has 3 heterocycles. The van der Waals surface area contributed by atoms with Gasteiger partial charge in [0.2, 0.25) is 5.91 Å². The monoisotopic (exact) mass is 469 g/mol. The summed E-state index contributed by atoms with van der Waals surface area (Å²) in [5, 5.41) is 5.44. The zero-order valence-electron chi connectivity index (χ0n) is 17.5. The molecular formula is C21H23ClF3N5O2. The van der Waals surface area contributed by atoms with E-state index in [1.54, 1.807) is 11.8 Å². The molecule has 1 aliphatic rings. The lowest BCUT2D eigenvalue weighted by Crippen LogP contribution is -2.51. The van der Waals surface area contributed by atoms with Crippen LogP contribution in [0.25, 0.3) is 0 Å². The maximum Gasteiger partial charge on any atom is 0.417 e. The summed E-state index contributed by atoms with van der Waals surface area (Å²) < 4.78 is 38.7. The Balaban J connectivity index is 1.71. The SMILES string of the molecule is CCC(=O)Nc1cc(C(=O)NC2CCC(C)N(c3ncc(C(F)(F)F)cc3Cl)C2)ccn1. The van der Waals surface area contributed by atoms with Crippen molar-refractivity contribution < 1.29 is 22.8 Å². The molecule has 7 nitrogen and oxygen atoms in total. The first kappa shape index (κ1) is 23.8. The third-order valence-electron chi connectivity index (χ3n) is 5.25. The Kier molecular flexibility index (Phi) is 7.22. The predicted octanol–water partition coefficient (Wildman–Crippen LogP) is 4.28. The maximum atomic E-state index is 12.9. The second-order valence-electron chi connectivity index (χ2n) is 7.61. The highest BCUT2D eigenvalue weighted by atomic mass is 35.5. The second kappa shape index (κ2) is 9.72. The van der Waals surface area contributed by atoms with E-state index in [4.69, 9.17) is 11.6 Å². The second-order valence-corrected chi connectivity index (χ2v) is 8.01. The highest BCUT2D eigenvalue weighted by molar-refractivity contribution is 6.33. The minimum Gasteiger partial charge on any atom is -0.351 e. The van der Waals surface area contributed by atoms with Crippen LogP contribution in [-0.4, -0.2) is 40.4 Å². The van der Waals surface area contributed by atoms with Gasteiger partial charge in [-0.1, -0.05) is 18.5 Å². The van der Waals surface area contributed by atoms with Crippen LogP contribution in [0.3, 0.4) is 0 Å². The van der Waals surface area contributed by atoms with E-state index in [9.17, 15) is 22.8 Å². The summed E-state index contributed by atoms with van der Waals surface area (Å²) in [5.41, 5.74) is -0.577. The number of nitrogens with one attached hydrogen (secondary N) is 2. The number of alkyl halides is 3. The number of carbonyl (C=O) groups excluding carboxylic acids is 2. The Labute approximate surface area is 188 Å². The van der Waals surface area contributed by atoms with E-state index in [1.165, 1.54) is 18.3 Å². The molecule has 11 heteroatoms. The minimum atomic E-state index is -4.53. The van der Waals surface area contributed by atoms with Crippen LogP contribution in [0.15, 0.2) is 30.6 Å². The van der Waals surface area contributed by atoms with Crippen molar-refractivity contribution in [2.24, 2.45) is 0 Å². The molecule has 1 saturated heterocycles. The van der Waals surface area contributed by atoms with Crippen LogP contribution in [0, 0.1) is 0 Å². The number of hydrogen-bond acceptors (Lipinski definition) is 5. The number of aromatic nitrogens is 2. The first-order valence-electron chi connectivity index (χ1n) is 10.1. The number of piperidine rings is 1. The van der Waals surface area contributed by atoms with Crippen molar-refractivity contribution >= 4 is 35.1 Å². The van der Waals surface area contributed by atoms with Crippen LogP contribution in [0.2, 0.25) is 5.02 Å². The molecule has 0 saturated carbocycles. The van der Waals surface area contributed by atoms with Crippen LogP contribution in [-0.2, 0) is 11.0 Å². The van der Waals surface area contributed by atoms with Crippen LogP contribution >= 0.6 is 11.6 Å². The highest BCUT2D eigenvalue weighted by Gasteiger charge is 2.34. The van der Waals surface area contributed by atoms with E-state index in [0.29, 0.717) is 24.9 Å². The van der Waals surface area contributed by atoms with Gasteiger partial charge in [-0.3, -0.25) is 9.59 Å². The molecule has 0 bridgehead atoms. The van der Waals surface area contributed by atoms with Crippen molar-refractivity contribution in [2.75, 3.05) is 16.8 Å². The van der Waals surface area contributed by atoms with Gasteiger partial charge in [0.15, 0.2) is 0 Å². The van der Waals surface area contributed by atoms with Gasteiger partial charge in [0.05, 0.1) is 10.6 Å². The number of pyridine rings is 2. The Morgan fingerprint density at radius 2 is 2.00 bits per heavy atom. The molecule has 0 aromatic carbocycles. The summed E-state index contributed by atoms with van der Waals surface area (Å²) in [7, 11) is 0. The smallest absolute Gasteiger partial charge is 0.351 e. The van der Waals surface area contributed by atoms with Crippen LogP contribution < -0.4 is 15.5 Å². The molecule has 2 amide bonds. The van der Waals surface area contributed by atoms with Gasteiger partial charge in [-0.15, -0.1) is 0 Å². The third kappa shape index (κ3) is 5.67. The summed E-state index contributed by atoms with van der Waals surface area (Å²) in [5.74, 6) is -0.0259. The number of anilines is 2. The molecule has 2 atom stereocenters. The lowest BCUT2D eigenvalue weighted by atomic mass is 9.99. The summed E-state index contributed by atoms with van der Waals surface area (Å²) in [6.45, 7) is 3.98. The van der Waals surface area contributed by atoms with Crippen molar-refractivity contribution in [1.82, 2.24) is 15.3 Å². The summed E-state index contributed by atoms with van der Waals surface area (Å²) in [6, 6.07) is 3.61.